The maximum atomic E-state index is 12.2. The normalized spacial score (nSPS) is 10.3. The van der Waals surface area contributed by atoms with Crippen molar-refractivity contribution in [1.82, 2.24) is 14.9 Å². The number of hydrogen-bond acceptors (Lipinski definition) is 4. The number of benzene rings is 2. The second kappa shape index (κ2) is 8.66. The lowest BCUT2D eigenvalue weighted by Crippen LogP contribution is -2.32. The number of nitrogens with one attached hydrogen (secondary N) is 2. The highest BCUT2D eigenvalue weighted by molar-refractivity contribution is 5.99. The topological polar surface area (TPSA) is 85.2 Å². The monoisotopic (exact) mass is 364 g/mol. The van der Waals surface area contributed by atoms with Crippen LogP contribution in [0.2, 0.25) is 0 Å². The van der Waals surface area contributed by atoms with E-state index in [2.05, 4.69) is 15.6 Å². The number of imidazole rings is 1. The van der Waals surface area contributed by atoms with Gasteiger partial charge in [0.2, 0.25) is 5.91 Å². The van der Waals surface area contributed by atoms with Gasteiger partial charge in [0.25, 0.3) is 5.91 Å². The zero-order valence-corrected chi connectivity index (χ0v) is 14.9. The van der Waals surface area contributed by atoms with E-state index >= 15 is 0 Å². The molecule has 7 nitrogen and oxygen atoms in total. The molecule has 0 saturated heterocycles. The molecule has 2 amide bonds. The molecular formula is C20H20N4O3. The van der Waals surface area contributed by atoms with Crippen LogP contribution in [-0.4, -0.2) is 27.9 Å². The molecule has 138 valence electrons. The minimum Gasteiger partial charge on any atom is -0.486 e. The Bertz CT molecular complexity index is 904. The average Bonchev–Trinajstić information content (AvgIpc) is 3.10. The number of aromatic nitrogens is 2. The Kier molecular flexibility index (Phi) is 5.84. The standard InChI is InChI=1S/C20H20N4O3/c1-24-12-11-21-18(24)14-27-17-9-7-15(8-10-17)20(26)22-13-19(25)23-16-5-3-2-4-6-16/h2-12H,13-14H2,1H3,(H,22,26)(H,23,25). The fraction of sp³-hybridized carbons (Fsp3) is 0.150. The van der Waals surface area contributed by atoms with Crippen molar-refractivity contribution in [3.05, 3.63) is 78.4 Å². The van der Waals surface area contributed by atoms with Crippen LogP contribution in [0.5, 0.6) is 5.75 Å². The van der Waals surface area contributed by atoms with Gasteiger partial charge in [0, 0.05) is 30.7 Å². The summed E-state index contributed by atoms with van der Waals surface area (Å²) in [6, 6.07) is 15.8. The SMILES string of the molecule is Cn1ccnc1COc1ccc(C(=O)NCC(=O)Nc2ccccc2)cc1. The van der Waals surface area contributed by atoms with Crippen LogP contribution >= 0.6 is 0 Å². The van der Waals surface area contributed by atoms with Crippen LogP contribution in [0, 0.1) is 0 Å². The van der Waals surface area contributed by atoms with Crippen molar-refractivity contribution in [2.24, 2.45) is 7.05 Å². The summed E-state index contributed by atoms with van der Waals surface area (Å²) in [5.74, 6) is 0.830. The summed E-state index contributed by atoms with van der Waals surface area (Å²) < 4.78 is 7.53. The molecular weight excluding hydrogens is 344 g/mol. The van der Waals surface area contributed by atoms with Gasteiger partial charge in [-0.25, -0.2) is 4.98 Å². The Morgan fingerprint density at radius 1 is 1.07 bits per heavy atom. The first-order chi connectivity index (χ1) is 13.1. The van der Waals surface area contributed by atoms with Gasteiger partial charge in [0.05, 0.1) is 6.54 Å². The molecule has 2 aromatic carbocycles. The molecule has 0 radical (unpaired) electrons. The van der Waals surface area contributed by atoms with Gasteiger partial charge >= 0.3 is 0 Å². The fourth-order valence-corrected chi connectivity index (χ4v) is 2.38. The van der Waals surface area contributed by atoms with Gasteiger partial charge in [0.1, 0.15) is 18.2 Å². The number of amides is 2. The Morgan fingerprint density at radius 3 is 2.48 bits per heavy atom. The lowest BCUT2D eigenvalue weighted by molar-refractivity contribution is -0.115. The zero-order valence-electron chi connectivity index (χ0n) is 14.9. The predicted octanol–water partition coefficient (Wildman–Crippen LogP) is 2.37. The largest absolute Gasteiger partial charge is 0.486 e. The number of carbonyl (C=O) groups is 2. The lowest BCUT2D eigenvalue weighted by atomic mass is 10.2. The van der Waals surface area contributed by atoms with Crippen molar-refractivity contribution < 1.29 is 14.3 Å². The van der Waals surface area contributed by atoms with Crippen molar-refractivity contribution in [2.45, 2.75) is 6.61 Å². The van der Waals surface area contributed by atoms with E-state index in [0.29, 0.717) is 23.6 Å². The van der Waals surface area contributed by atoms with E-state index in [1.165, 1.54) is 0 Å². The first-order valence-electron chi connectivity index (χ1n) is 8.44. The molecule has 0 aliphatic heterocycles. The van der Waals surface area contributed by atoms with E-state index in [4.69, 9.17) is 4.74 Å². The Balaban J connectivity index is 1.47. The molecule has 0 atom stereocenters. The van der Waals surface area contributed by atoms with E-state index in [9.17, 15) is 9.59 Å². The molecule has 0 aliphatic carbocycles. The summed E-state index contributed by atoms with van der Waals surface area (Å²) in [5.41, 5.74) is 1.14. The summed E-state index contributed by atoms with van der Waals surface area (Å²) in [7, 11) is 1.90. The summed E-state index contributed by atoms with van der Waals surface area (Å²) >= 11 is 0. The van der Waals surface area contributed by atoms with Gasteiger partial charge in [0.15, 0.2) is 0 Å². The summed E-state index contributed by atoms with van der Waals surface area (Å²) in [6.45, 7) is 0.236. The second-order valence-electron chi connectivity index (χ2n) is 5.86. The molecule has 0 spiro atoms. The van der Waals surface area contributed by atoms with Crippen LogP contribution in [0.15, 0.2) is 67.0 Å². The number of para-hydroxylation sites is 1. The molecule has 0 unspecified atom stereocenters. The predicted molar refractivity (Wildman–Crippen MR) is 101 cm³/mol. The van der Waals surface area contributed by atoms with Crippen LogP contribution in [0.25, 0.3) is 0 Å². The average molecular weight is 364 g/mol. The fourth-order valence-electron chi connectivity index (χ4n) is 2.38. The maximum Gasteiger partial charge on any atom is 0.251 e. The van der Waals surface area contributed by atoms with Gasteiger partial charge in [-0.3, -0.25) is 9.59 Å². The summed E-state index contributed by atoms with van der Waals surface area (Å²) in [4.78, 5) is 28.2. The summed E-state index contributed by atoms with van der Waals surface area (Å²) in [5, 5.41) is 5.31. The smallest absolute Gasteiger partial charge is 0.251 e. The van der Waals surface area contributed by atoms with E-state index in [-0.39, 0.29) is 18.4 Å². The highest BCUT2D eigenvalue weighted by atomic mass is 16.5. The van der Waals surface area contributed by atoms with Gasteiger partial charge < -0.3 is 19.9 Å². The third-order valence-electron chi connectivity index (χ3n) is 3.87. The number of aryl methyl sites for hydroxylation is 1. The zero-order chi connectivity index (χ0) is 19.1. The molecule has 1 heterocycles. The number of rotatable bonds is 7. The van der Waals surface area contributed by atoms with Crippen molar-refractivity contribution in [3.63, 3.8) is 0 Å². The second-order valence-corrected chi connectivity index (χ2v) is 5.86. The number of hydrogen-bond donors (Lipinski definition) is 2. The molecule has 0 bridgehead atoms. The van der Waals surface area contributed by atoms with Gasteiger partial charge in [-0.15, -0.1) is 0 Å². The van der Waals surface area contributed by atoms with Crippen LogP contribution in [0.4, 0.5) is 5.69 Å². The molecule has 0 aliphatic rings. The molecule has 7 heteroatoms. The van der Waals surface area contributed by atoms with Gasteiger partial charge in [-0.1, -0.05) is 18.2 Å². The Labute approximate surface area is 157 Å². The molecule has 3 aromatic rings. The number of carbonyl (C=O) groups excluding carboxylic acids is 2. The number of ether oxygens (including phenoxy) is 1. The van der Waals surface area contributed by atoms with Crippen molar-refractivity contribution in [1.29, 1.82) is 0 Å². The number of nitrogens with zero attached hydrogens (tertiary/aromatic N) is 2. The van der Waals surface area contributed by atoms with Crippen molar-refractivity contribution in [3.8, 4) is 5.75 Å². The van der Waals surface area contributed by atoms with Crippen LogP contribution in [-0.2, 0) is 18.4 Å². The van der Waals surface area contributed by atoms with E-state index < -0.39 is 0 Å². The molecule has 3 rings (SSSR count). The van der Waals surface area contributed by atoms with Crippen LogP contribution in [0.1, 0.15) is 16.2 Å². The maximum absolute atomic E-state index is 12.2. The first-order valence-corrected chi connectivity index (χ1v) is 8.44. The van der Waals surface area contributed by atoms with Gasteiger partial charge in [-0.05, 0) is 36.4 Å². The minimum atomic E-state index is -0.325. The third-order valence-corrected chi connectivity index (χ3v) is 3.87. The lowest BCUT2D eigenvalue weighted by Gasteiger charge is -2.08. The number of anilines is 1. The van der Waals surface area contributed by atoms with E-state index in [1.54, 1.807) is 42.6 Å². The molecule has 2 N–H and O–H groups in total. The highest BCUT2D eigenvalue weighted by Gasteiger charge is 2.09. The Hall–Kier alpha value is -3.61. The van der Waals surface area contributed by atoms with Crippen LogP contribution < -0.4 is 15.4 Å². The van der Waals surface area contributed by atoms with Crippen molar-refractivity contribution >= 4 is 17.5 Å². The van der Waals surface area contributed by atoms with Crippen molar-refractivity contribution in [2.75, 3.05) is 11.9 Å². The highest BCUT2D eigenvalue weighted by Crippen LogP contribution is 2.14. The molecule has 1 aromatic heterocycles. The summed E-state index contributed by atoms with van der Waals surface area (Å²) in [6.07, 6.45) is 3.56. The quantitative estimate of drug-likeness (QED) is 0.674. The molecule has 0 saturated carbocycles. The minimum absolute atomic E-state index is 0.106. The van der Waals surface area contributed by atoms with Gasteiger partial charge in [-0.2, -0.15) is 0 Å². The molecule has 27 heavy (non-hydrogen) atoms. The first kappa shape index (κ1) is 18.2. The van der Waals surface area contributed by atoms with E-state index in [0.717, 1.165) is 5.82 Å². The van der Waals surface area contributed by atoms with Crippen LogP contribution in [0.3, 0.4) is 0 Å². The molecule has 0 fully saturated rings. The third kappa shape index (κ3) is 5.18. The Morgan fingerprint density at radius 2 is 1.81 bits per heavy atom. The van der Waals surface area contributed by atoms with E-state index in [1.807, 2.05) is 36.0 Å².